The third-order valence-corrected chi connectivity index (χ3v) is 2.87. The van der Waals surface area contributed by atoms with Gasteiger partial charge in [0.15, 0.2) is 6.79 Å². The molecule has 14 heavy (non-hydrogen) atoms. The Labute approximate surface area is 84.8 Å². The summed E-state index contributed by atoms with van der Waals surface area (Å²) in [5, 5.41) is 0. The van der Waals surface area contributed by atoms with Crippen LogP contribution in [0.3, 0.4) is 0 Å². The Hall–Kier alpha value is -1.02. The molecular weight excluding hydrogens is 176 g/mol. The Morgan fingerprint density at radius 3 is 2.79 bits per heavy atom. The number of ether oxygens (including phenoxy) is 2. The van der Waals surface area contributed by atoms with Gasteiger partial charge in [0.1, 0.15) is 5.75 Å². The van der Waals surface area contributed by atoms with Gasteiger partial charge in [0.2, 0.25) is 0 Å². The van der Waals surface area contributed by atoms with E-state index in [4.69, 9.17) is 9.47 Å². The lowest BCUT2D eigenvalue weighted by atomic mass is 9.98. The van der Waals surface area contributed by atoms with Crippen LogP contribution >= 0.6 is 0 Å². The quantitative estimate of drug-likeness (QED) is 0.683. The number of methoxy groups -OCH3 is 1. The maximum Gasteiger partial charge on any atom is 0.188 e. The summed E-state index contributed by atoms with van der Waals surface area (Å²) in [6.07, 6.45) is 2.58. The predicted octanol–water partition coefficient (Wildman–Crippen LogP) is 2.72. The molecular formula is C12H16O2. The average molecular weight is 192 g/mol. The van der Waals surface area contributed by atoms with Gasteiger partial charge in [0, 0.05) is 7.11 Å². The van der Waals surface area contributed by atoms with Crippen LogP contribution in [0.4, 0.5) is 0 Å². The molecule has 1 saturated carbocycles. The molecule has 0 spiro atoms. The van der Waals surface area contributed by atoms with Gasteiger partial charge in [-0.15, -0.1) is 0 Å². The molecule has 2 nitrogen and oxygen atoms in total. The average Bonchev–Trinajstić information content (AvgIpc) is 2.95. The zero-order chi connectivity index (χ0) is 10.0. The van der Waals surface area contributed by atoms with Gasteiger partial charge in [-0.1, -0.05) is 19.1 Å². The van der Waals surface area contributed by atoms with Crippen LogP contribution in [0.15, 0.2) is 24.3 Å². The zero-order valence-electron chi connectivity index (χ0n) is 8.75. The number of hydrogen-bond acceptors (Lipinski definition) is 2. The fourth-order valence-corrected chi connectivity index (χ4v) is 1.56. The van der Waals surface area contributed by atoms with Gasteiger partial charge in [-0.05, 0) is 36.0 Å². The van der Waals surface area contributed by atoms with Gasteiger partial charge < -0.3 is 9.47 Å². The standard InChI is InChI=1S/C12H16O2/c1-12(6-7-12)10-4-3-5-11(8-10)14-9-13-2/h3-5,8H,6-7,9H2,1-2H3. The van der Waals surface area contributed by atoms with Crippen LogP contribution in [0.25, 0.3) is 0 Å². The first kappa shape index (κ1) is 9.53. The van der Waals surface area contributed by atoms with Crippen LogP contribution in [0.1, 0.15) is 25.3 Å². The van der Waals surface area contributed by atoms with E-state index in [0.717, 1.165) is 5.75 Å². The predicted molar refractivity (Wildman–Crippen MR) is 55.5 cm³/mol. The maximum absolute atomic E-state index is 5.40. The first-order valence-electron chi connectivity index (χ1n) is 4.97. The Morgan fingerprint density at radius 2 is 2.14 bits per heavy atom. The molecule has 0 amide bonds. The fraction of sp³-hybridized carbons (Fsp3) is 0.500. The van der Waals surface area contributed by atoms with Crippen LogP contribution in [-0.2, 0) is 10.2 Å². The molecule has 0 aliphatic heterocycles. The summed E-state index contributed by atoms with van der Waals surface area (Å²) in [5.41, 5.74) is 1.79. The van der Waals surface area contributed by atoms with E-state index in [9.17, 15) is 0 Å². The molecule has 1 aliphatic carbocycles. The second-order valence-corrected chi connectivity index (χ2v) is 4.14. The molecule has 76 valence electrons. The number of benzene rings is 1. The van der Waals surface area contributed by atoms with E-state index in [2.05, 4.69) is 19.1 Å². The molecule has 1 aromatic rings. The highest BCUT2D eigenvalue weighted by Gasteiger charge is 2.38. The van der Waals surface area contributed by atoms with Gasteiger partial charge in [-0.25, -0.2) is 0 Å². The highest BCUT2D eigenvalue weighted by Crippen LogP contribution is 2.48. The van der Waals surface area contributed by atoms with Crippen molar-refractivity contribution in [2.24, 2.45) is 0 Å². The maximum atomic E-state index is 5.40. The van der Waals surface area contributed by atoms with Gasteiger partial charge in [-0.3, -0.25) is 0 Å². The molecule has 0 bridgehead atoms. The second kappa shape index (κ2) is 3.62. The van der Waals surface area contributed by atoms with Crippen molar-refractivity contribution in [2.75, 3.05) is 13.9 Å². The van der Waals surface area contributed by atoms with Crippen molar-refractivity contribution < 1.29 is 9.47 Å². The topological polar surface area (TPSA) is 18.5 Å². The Bertz CT molecular complexity index is 316. The van der Waals surface area contributed by atoms with Gasteiger partial charge in [-0.2, -0.15) is 0 Å². The second-order valence-electron chi connectivity index (χ2n) is 4.14. The lowest BCUT2D eigenvalue weighted by Crippen LogP contribution is -2.02. The van der Waals surface area contributed by atoms with Crippen molar-refractivity contribution >= 4 is 0 Å². The summed E-state index contributed by atoms with van der Waals surface area (Å²) in [6, 6.07) is 8.30. The first-order chi connectivity index (χ1) is 6.74. The van der Waals surface area contributed by atoms with Crippen molar-refractivity contribution in [2.45, 2.75) is 25.2 Å². The highest BCUT2D eigenvalue weighted by atomic mass is 16.7. The molecule has 0 radical (unpaired) electrons. The summed E-state index contributed by atoms with van der Waals surface area (Å²) >= 11 is 0. The number of hydrogen-bond donors (Lipinski definition) is 0. The summed E-state index contributed by atoms with van der Waals surface area (Å²) in [5.74, 6) is 0.900. The summed E-state index contributed by atoms with van der Waals surface area (Å²) in [4.78, 5) is 0. The van der Waals surface area contributed by atoms with Gasteiger partial charge >= 0.3 is 0 Å². The van der Waals surface area contributed by atoms with Gasteiger partial charge in [0.25, 0.3) is 0 Å². The SMILES string of the molecule is COCOc1cccc(C2(C)CC2)c1. The molecule has 0 unspecified atom stereocenters. The molecule has 1 aliphatic rings. The molecule has 2 heteroatoms. The van der Waals surface area contributed by atoms with Crippen molar-refractivity contribution in [1.82, 2.24) is 0 Å². The van der Waals surface area contributed by atoms with Crippen LogP contribution in [0, 0.1) is 0 Å². The molecule has 1 fully saturated rings. The van der Waals surface area contributed by atoms with Crippen LogP contribution in [0.5, 0.6) is 5.75 Å². The largest absolute Gasteiger partial charge is 0.468 e. The first-order valence-corrected chi connectivity index (χ1v) is 4.97. The van der Waals surface area contributed by atoms with E-state index in [1.807, 2.05) is 12.1 Å². The molecule has 0 N–H and O–H groups in total. The summed E-state index contributed by atoms with van der Waals surface area (Å²) in [7, 11) is 1.63. The normalized spacial score (nSPS) is 17.9. The lowest BCUT2D eigenvalue weighted by Gasteiger charge is -2.11. The minimum absolute atomic E-state index is 0.320. The van der Waals surface area contributed by atoms with Crippen LogP contribution in [-0.4, -0.2) is 13.9 Å². The van der Waals surface area contributed by atoms with E-state index in [1.165, 1.54) is 18.4 Å². The van der Waals surface area contributed by atoms with Gasteiger partial charge in [0.05, 0.1) is 0 Å². The summed E-state index contributed by atoms with van der Waals surface area (Å²) < 4.78 is 10.3. The number of rotatable bonds is 4. The Morgan fingerprint density at radius 1 is 1.36 bits per heavy atom. The van der Waals surface area contributed by atoms with Crippen molar-refractivity contribution in [1.29, 1.82) is 0 Å². The minimum Gasteiger partial charge on any atom is -0.468 e. The third-order valence-electron chi connectivity index (χ3n) is 2.87. The molecule has 0 atom stereocenters. The molecule has 2 rings (SSSR count). The van der Waals surface area contributed by atoms with Crippen LogP contribution in [0.2, 0.25) is 0 Å². The lowest BCUT2D eigenvalue weighted by molar-refractivity contribution is 0.0510. The van der Waals surface area contributed by atoms with E-state index < -0.39 is 0 Å². The third kappa shape index (κ3) is 1.90. The highest BCUT2D eigenvalue weighted by molar-refractivity contribution is 5.36. The van der Waals surface area contributed by atoms with Crippen molar-refractivity contribution in [3.63, 3.8) is 0 Å². The minimum atomic E-state index is 0.320. The van der Waals surface area contributed by atoms with E-state index in [1.54, 1.807) is 7.11 Å². The van der Waals surface area contributed by atoms with E-state index in [0.29, 0.717) is 12.2 Å². The van der Waals surface area contributed by atoms with E-state index in [-0.39, 0.29) is 0 Å². The molecule has 0 saturated heterocycles. The fourth-order valence-electron chi connectivity index (χ4n) is 1.56. The molecule has 0 heterocycles. The zero-order valence-corrected chi connectivity index (χ0v) is 8.75. The molecule has 0 aromatic heterocycles. The Balaban J connectivity index is 2.11. The van der Waals surface area contributed by atoms with Crippen LogP contribution < -0.4 is 4.74 Å². The monoisotopic (exact) mass is 192 g/mol. The Kier molecular flexibility index (Phi) is 2.46. The summed E-state index contributed by atoms with van der Waals surface area (Å²) in [6.45, 7) is 2.61. The van der Waals surface area contributed by atoms with Crippen molar-refractivity contribution in [3.8, 4) is 5.75 Å². The molecule has 1 aromatic carbocycles. The van der Waals surface area contributed by atoms with Crippen molar-refractivity contribution in [3.05, 3.63) is 29.8 Å². The smallest absolute Gasteiger partial charge is 0.188 e. The van der Waals surface area contributed by atoms with E-state index >= 15 is 0 Å².